The first-order valence-corrected chi connectivity index (χ1v) is 5.06. The van der Waals surface area contributed by atoms with Crippen LogP contribution in [0, 0.1) is 0 Å². The number of hydrogen-bond donors (Lipinski definition) is 0. The Bertz CT molecular complexity index is 482. The van der Waals surface area contributed by atoms with Crippen molar-refractivity contribution < 1.29 is 4.74 Å². The molecule has 0 saturated heterocycles. The molecule has 2 aromatic rings. The summed E-state index contributed by atoms with van der Waals surface area (Å²) < 4.78 is 5.42. The zero-order valence-electron chi connectivity index (χ0n) is 8.06. The minimum atomic E-state index is 0.462. The van der Waals surface area contributed by atoms with Crippen LogP contribution in [0.5, 0.6) is 5.75 Å². The van der Waals surface area contributed by atoms with Gasteiger partial charge in [-0.1, -0.05) is 29.8 Å². The van der Waals surface area contributed by atoms with Gasteiger partial charge in [0.15, 0.2) is 0 Å². The monoisotopic (exact) mass is 219 g/mol. The van der Waals surface area contributed by atoms with E-state index in [4.69, 9.17) is 16.3 Å². The number of ether oxygens (including phenoxy) is 1. The molecule has 0 N–H and O–H groups in total. The van der Waals surface area contributed by atoms with Crippen molar-refractivity contribution in [2.75, 3.05) is 6.61 Å². The summed E-state index contributed by atoms with van der Waals surface area (Å²) in [5, 5.41) is 1.07. The molecule has 0 aliphatic carbocycles. The number of aromatic nitrogens is 1. The highest BCUT2D eigenvalue weighted by molar-refractivity contribution is 6.25. The number of benzene rings is 1. The molecule has 0 unspecified atom stereocenters. The molecule has 0 spiro atoms. The first-order valence-electron chi connectivity index (χ1n) is 4.63. The Morgan fingerprint density at radius 1 is 1.33 bits per heavy atom. The van der Waals surface area contributed by atoms with E-state index < -0.39 is 0 Å². The molecule has 1 aromatic carbocycles. The molecule has 15 heavy (non-hydrogen) atoms. The fourth-order valence-corrected chi connectivity index (χ4v) is 1.38. The summed E-state index contributed by atoms with van der Waals surface area (Å²) in [5.74, 6) is 0.753. The van der Waals surface area contributed by atoms with Crippen LogP contribution in [0.2, 0.25) is 0 Å². The fourth-order valence-electron chi connectivity index (χ4n) is 1.31. The number of fused-ring (bicyclic) bond motifs is 1. The largest absolute Gasteiger partial charge is 0.488 e. The van der Waals surface area contributed by atoms with Crippen molar-refractivity contribution in [3.05, 3.63) is 48.1 Å². The molecule has 0 saturated carbocycles. The highest BCUT2D eigenvalue weighted by Crippen LogP contribution is 2.17. The summed E-state index contributed by atoms with van der Waals surface area (Å²) in [6, 6.07) is 9.88. The van der Waals surface area contributed by atoms with Crippen molar-refractivity contribution in [1.82, 2.24) is 4.98 Å². The van der Waals surface area contributed by atoms with Crippen LogP contribution in [0.15, 0.2) is 48.1 Å². The van der Waals surface area contributed by atoms with Crippen molar-refractivity contribution in [1.29, 1.82) is 0 Å². The summed E-state index contributed by atoms with van der Waals surface area (Å²) >= 11 is 5.39. The maximum atomic E-state index is 5.42. The third-order valence-electron chi connectivity index (χ3n) is 2.00. The fraction of sp³-hybridized carbons (Fsp3) is 0.0833. The van der Waals surface area contributed by atoms with Gasteiger partial charge in [0.25, 0.3) is 0 Å². The molecule has 2 rings (SSSR count). The van der Waals surface area contributed by atoms with E-state index in [1.165, 1.54) is 5.54 Å². The lowest BCUT2D eigenvalue weighted by Gasteiger charge is -2.03. The van der Waals surface area contributed by atoms with Gasteiger partial charge in [-0.2, -0.15) is 0 Å². The van der Waals surface area contributed by atoms with Gasteiger partial charge in [0, 0.05) is 10.9 Å². The second-order valence-electron chi connectivity index (χ2n) is 3.04. The summed E-state index contributed by atoms with van der Waals surface area (Å²) in [5.41, 5.74) is 2.41. The molecule has 1 aromatic heterocycles. The Labute approximate surface area is 93.2 Å². The van der Waals surface area contributed by atoms with Crippen molar-refractivity contribution in [3.63, 3.8) is 0 Å². The van der Waals surface area contributed by atoms with Gasteiger partial charge in [-0.15, -0.1) is 0 Å². The molecular weight excluding hydrogens is 210 g/mol. The van der Waals surface area contributed by atoms with Gasteiger partial charge in [0.05, 0.1) is 11.7 Å². The smallest absolute Gasteiger partial charge is 0.138 e. The van der Waals surface area contributed by atoms with Crippen molar-refractivity contribution >= 4 is 22.5 Å². The van der Waals surface area contributed by atoms with Crippen LogP contribution in [-0.4, -0.2) is 11.6 Å². The van der Waals surface area contributed by atoms with E-state index in [1.807, 2.05) is 30.3 Å². The lowest BCUT2D eigenvalue weighted by molar-refractivity contribution is 0.362. The molecule has 0 radical (unpaired) electrons. The standard InChI is InChI=1S/C12H10ClNO/c13-6-3-7-15-11-8-10-4-1-2-5-12(10)14-9-11/h1-6,8-9H,7H2/b6-3+. The molecule has 1 heterocycles. The molecule has 0 bridgehead atoms. The summed E-state index contributed by atoms with van der Waals surface area (Å²) in [4.78, 5) is 4.28. The van der Waals surface area contributed by atoms with Crippen LogP contribution in [-0.2, 0) is 0 Å². The molecule has 3 heteroatoms. The maximum absolute atomic E-state index is 5.42. The molecule has 0 atom stereocenters. The van der Waals surface area contributed by atoms with E-state index in [2.05, 4.69) is 4.98 Å². The third-order valence-corrected chi connectivity index (χ3v) is 2.18. The lowest BCUT2D eigenvalue weighted by Crippen LogP contribution is -1.93. The summed E-state index contributed by atoms with van der Waals surface area (Å²) in [6.45, 7) is 0.462. The first-order chi connectivity index (χ1) is 7.40. The Morgan fingerprint density at radius 3 is 3.07 bits per heavy atom. The van der Waals surface area contributed by atoms with E-state index in [9.17, 15) is 0 Å². The second-order valence-corrected chi connectivity index (χ2v) is 3.29. The highest BCUT2D eigenvalue weighted by atomic mass is 35.5. The van der Waals surface area contributed by atoms with E-state index in [0.717, 1.165) is 16.7 Å². The van der Waals surface area contributed by atoms with E-state index in [-0.39, 0.29) is 0 Å². The number of pyridine rings is 1. The van der Waals surface area contributed by atoms with Crippen molar-refractivity contribution in [3.8, 4) is 5.75 Å². The van der Waals surface area contributed by atoms with Gasteiger partial charge >= 0.3 is 0 Å². The number of rotatable bonds is 3. The predicted molar refractivity (Wildman–Crippen MR) is 62.2 cm³/mol. The van der Waals surface area contributed by atoms with Crippen LogP contribution in [0.4, 0.5) is 0 Å². The average Bonchev–Trinajstić information content (AvgIpc) is 2.29. The molecule has 0 aliphatic rings. The van der Waals surface area contributed by atoms with Gasteiger partial charge in [0.1, 0.15) is 12.4 Å². The zero-order chi connectivity index (χ0) is 10.5. The normalized spacial score (nSPS) is 11.0. The molecular formula is C12H10ClNO. The van der Waals surface area contributed by atoms with E-state index in [0.29, 0.717) is 6.61 Å². The molecule has 0 fully saturated rings. The van der Waals surface area contributed by atoms with E-state index >= 15 is 0 Å². The molecule has 76 valence electrons. The van der Waals surface area contributed by atoms with Gasteiger partial charge in [-0.3, -0.25) is 4.98 Å². The Morgan fingerprint density at radius 2 is 2.20 bits per heavy atom. The van der Waals surface area contributed by atoms with Crippen LogP contribution in [0.25, 0.3) is 10.9 Å². The van der Waals surface area contributed by atoms with Gasteiger partial charge in [-0.05, 0) is 18.2 Å². The van der Waals surface area contributed by atoms with Crippen LogP contribution < -0.4 is 4.74 Å². The Balaban J connectivity index is 2.23. The number of para-hydroxylation sites is 1. The number of halogens is 1. The Hall–Kier alpha value is -1.54. The lowest BCUT2D eigenvalue weighted by atomic mass is 10.2. The highest BCUT2D eigenvalue weighted by Gasteiger charge is 1.96. The quantitative estimate of drug-likeness (QED) is 0.790. The molecule has 2 nitrogen and oxygen atoms in total. The summed E-state index contributed by atoms with van der Waals surface area (Å²) in [6.07, 6.45) is 3.45. The topological polar surface area (TPSA) is 22.1 Å². The number of nitrogens with zero attached hydrogens (tertiary/aromatic N) is 1. The van der Waals surface area contributed by atoms with E-state index in [1.54, 1.807) is 12.3 Å². The van der Waals surface area contributed by atoms with Crippen LogP contribution in [0.3, 0.4) is 0 Å². The maximum Gasteiger partial charge on any atom is 0.138 e. The van der Waals surface area contributed by atoms with Crippen LogP contribution >= 0.6 is 11.6 Å². The average molecular weight is 220 g/mol. The van der Waals surface area contributed by atoms with Gasteiger partial charge in [0.2, 0.25) is 0 Å². The second kappa shape index (κ2) is 4.80. The summed E-state index contributed by atoms with van der Waals surface area (Å²) in [7, 11) is 0. The Kier molecular flexibility index (Phi) is 3.20. The van der Waals surface area contributed by atoms with Gasteiger partial charge < -0.3 is 4.74 Å². The van der Waals surface area contributed by atoms with Gasteiger partial charge in [-0.25, -0.2) is 0 Å². The third kappa shape index (κ3) is 2.48. The molecule has 0 aliphatic heterocycles. The first kappa shape index (κ1) is 9.99. The van der Waals surface area contributed by atoms with Crippen molar-refractivity contribution in [2.45, 2.75) is 0 Å². The minimum absolute atomic E-state index is 0.462. The zero-order valence-corrected chi connectivity index (χ0v) is 8.82. The number of hydrogen-bond acceptors (Lipinski definition) is 2. The minimum Gasteiger partial charge on any atom is -0.488 e. The predicted octanol–water partition coefficient (Wildman–Crippen LogP) is 3.37. The SMILES string of the molecule is Cl/C=C/COc1cnc2ccccc2c1. The van der Waals surface area contributed by atoms with Crippen molar-refractivity contribution in [2.24, 2.45) is 0 Å². The molecule has 0 amide bonds. The van der Waals surface area contributed by atoms with Crippen LogP contribution in [0.1, 0.15) is 0 Å².